The lowest BCUT2D eigenvalue weighted by molar-refractivity contribution is -0.161. The molecule has 17 nitrogen and oxygen atoms in total. The molecular formula is C83H162O17P2. The zero-order valence-corrected chi connectivity index (χ0v) is 68.5. The molecule has 0 aromatic heterocycles. The molecule has 0 saturated heterocycles. The van der Waals surface area contributed by atoms with Crippen molar-refractivity contribution >= 4 is 39.5 Å². The standard InChI is InChI=1S/C83H162O17P2/c1-6-10-13-16-19-22-25-28-31-33-35-37-39-42-44-47-50-56-61-66-80(85)93-72-78(99-82(87)69-64-59-52-49-46-43-40-38-36-34-32-29-26-23-20-17-14-11-7-2)74-97-101(89,90)95-70-77(84)71-96-102(91,92)98-75-79(73-94-81(86)67-62-57-54-53-55-60-65-76(5)9-4)100-83(88)68-63-58-51-48-45-41-30-27-24-21-18-15-12-8-3/h76-79,84H,6-75H2,1-5H3,(H,89,90)(H,91,92)/t76?,77-,78-,79-/m1/s1. The molecule has 0 radical (unpaired) electrons. The maximum absolute atomic E-state index is 13.1. The van der Waals surface area contributed by atoms with E-state index in [0.29, 0.717) is 25.7 Å². The molecular weight excluding hydrogens is 1330 g/mol. The quantitative estimate of drug-likeness (QED) is 0.0222. The summed E-state index contributed by atoms with van der Waals surface area (Å²) in [6.45, 7) is 7.31. The Morgan fingerprint density at radius 2 is 0.471 bits per heavy atom. The molecule has 0 aliphatic heterocycles. The van der Waals surface area contributed by atoms with Crippen molar-refractivity contribution < 1.29 is 80.2 Å². The number of aliphatic hydroxyl groups is 1. The molecule has 0 aliphatic rings. The van der Waals surface area contributed by atoms with Crippen LogP contribution in [0.3, 0.4) is 0 Å². The van der Waals surface area contributed by atoms with Crippen LogP contribution in [-0.4, -0.2) is 96.7 Å². The van der Waals surface area contributed by atoms with E-state index in [1.807, 2.05) is 0 Å². The summed E-state index contributed by atoms with van der Waals surface area (Å²) >= 11 is 0. The number of hydrogen-bond acceptors (Lipinski definition) is 15. The first-order valence-corrected chi connectivity index (χ1v) is 46.2. The van der Waals surface area contributed by atoms with E-state index in [-0.39, 0.29) is 25.7 Å². The van der Waals surface area contributed by atoms with Crippen LogP contribution in [-0.2, 0) is 65.4 Å². The molecule has 6 atom stereocenters. The smallest absolute Gasteiger partial charge is 0.462 e. The van der Waals surface area contributed by atoms with Crippen molar-refractivity contribution in [2.45, 2.75) is 464 Å². The Kier molecular flexibility index (Phi) is 74.4. The van der Waals surface area contributed by atoms with E-state index in [1.54, 1.807) is 0 Å². The second kappa shape index (κ2) is 75.9. The minimum atomic E-state index is -4.96. The minimum Gasteiger partial charge on any atom is -0.462 e. The van der Waals surface area contributed by atoms with Gasteiger partial charge < -0.3 is 33.8 Å². The van der Waals surface area contributed by atoms with Crippen molar-refractivity contribution in [3.8, 4) is 0 Å². The Labute approximate surface area is 626 Å². The van der Waals surface area contributed by atoms with E-state index in [1.165, 1.54) is 263 Å². The summed E-state index contributed by atoms with van der Waals surface area (Å²) in [6, 6.07) is 0. The third kappa shape index (κ3) is 74.9. The number of aliphatic hydroxyl groups excluding tert-OH is 1. The minimum absolute atomic E-state index is 0.107. The van der Waals surface area contributed by atoms with Gasteiger partial charge in [0, 0.05) is 25.7 Å². The average Bonchev–Trinajstić information content (AvgIpc) is 0.937. The predicted molar refractivity (Wildman–Crippen MR) is 418 cm³/mol. The van der Waals surface area contributed by atoms with Crippen LogP contribution in [0.4, 0.5) is 0 Å². The highest BCUT2D eigenvalue weighted by Crippen LogP contribution is 2.45. The number of carbonyl (C=O) groups excluding carboxylic acids is 4. The lowest BCUT2D eigenvalue weighted by Gasteiger charge is -2.21. The fourth-order valence-electron chi connectivity index (χ4n) is 12.9. The number of rotatable bonds is 83. The number of phosphoric acid groups is 2. The van der Waals surface area contributed by atoms with E-state index in [0.717, 1.165) is 102 Å². The predicted octanol–water partition coefficient (Wildman–Crippen LogP) is 25.2. The van der Waals surface area contributed by atoms with Crippen molar-refractivity contribution in [3.05, 3.63) is 0 Å². The number of esters is 4. The molecule has 19 heteroatoms. The van der Waals surface area contributed by atoms with Crippen molar-refractivity contribution in [1.29, 1.82) is 0 Å². The lowest BCUT2D eigenvalue weighted by atomic mass is 10.00. The monoisotopic (exact) mass is 1490 g/mol. The fourth-order valence-corrected chi connectivity index (χ4v) is 14.5. The zero-order chi connectivity index (χ0) is 74.8. The van der Waals surface area contributed by atoms with Gasteiger partial charge in [-0.25, -0.2) is 9.13 Å². The first-order chi connectivity index (χ1) is 49.6. The molecule has 3 unspecified atom stereocenters. The maximum Gasteiger partial charge on any atom is 0.472 e. The van der Waals surface area contributed by atoms with E-state index in [9.17, 15) is 43.2 Å². The molecule has 102 heavy (non-hydrogen) atoms. The molecule has 0 spiro atoms. The van der Waals surface area contributed by atoms with E-state index in [4.69, 9.17) is 37.0 Å². The van der Waals surface area contributed by atoms with Gasteiger partial charge in [-0.1, -0.05) is 394 Å². The van der Waals surface area contributed by atoms with Crippen LogP contribution < -0.4 is 0 Å². The Bertz CT molecular complexity index is 1950. The van der Waals surface area contributed by atoms with Gasteiger partial charge in [-0.2, -0.15) is 0 Å². The second-order valence-corrected chi connectivity index (χ2v) is 33.0. The molecule has 0 amide bonds. The van der Waals surface area contributed by atoms with Crippen LogP contribution in [0.15, 0.2) is 0 Å². The van der Waals surface area contributed by atoms with Crippen LogP contribution in [0.2, 0.25) is 0 Å². The summed E-state index contributed by atoms with van der Waals surface area (Å²) in [6.07, 6.45) is 68.1. The number of unbranched alkanes of at least 4 members (excludes halogenated alkanes) is 54. The molecule has 606 valence electrons. The van der Waals surface area contributed by atoms with Gasteiger partial charge in [0.25, 0.3) is 0 Å². The second-order valence-electron chi connectivity index (χ2n) is 30.1. The van der Waals surface area contributed by atoms with Crippen LogP contribution in [0, 0.1) is 5.92 Å². The van der Waals surface area contributed by atoms with Gasteiger partial charge in [0.05, 0.1) is 26.4 Å². The molecule has 0 heterocycles. The van der Waals surface area contributed by atoms with Gasteiger partial charge in [0.2, 0.25) is 0 Å². The van der Waals surface area contributed by atoms with Crippen molar-refractivity contribution in [1.82, 2.24) is 0 Å². The third-order valence-electron chi connectivity index (χ3n) is 19.9. The molecule has 0 fully saturated rings. The Hall–Kier alpha value is -1.94. The first-order valence-electron chi connectivity index (χ1n) is 43.2. The summed E-state index contributed by atoms with van der Waals surface area (Å²) in [5.74, 6) is -1.37. The maximum atomic E-state index is 13.1. The molecule has 0 saturated carbocycles. The number of hydrogen-bond donors (Lipinski definition) is 3. The Morgan fingerprint density at radius 1 is 0.275 bits per heavy atom. The highest BCUT2D eigenvalue weighted by molar-refractivity contribution is 7.47. The normalized spacial score (nSPS) is 14.1. The van der Waals surface area contributed by atoms with E-state index in [2.05, 4.69) is 34.6 Å². The van der Waals surface area contributed by atoms with Crippen LogP contribution in [0.1, 0.15) is 446 Å². The van der Waals surface area contributed by atoms with E-state index >= 15 is 0 Å². The molecule has 0 aromatic rings. The topological polar surface area (TPSA) is 237 Å². The summed E-state index contributed by atoms with van der Waals surface area (Å²) in [7, 11) is -9.92. The first kappa shape index (κ1) is 100. The lowest BCUT2D eigenvalue weighted by Crippen LogP contribution is -2.30. The van der Waals surface area contributed by atoms with Gasteiger partial charge in [0.1, 0.15) is 19.3 Å². The van der Waals surface area contributed by atoms with Crippen LogP contribution in [0.25, 0.3) is 0 Å². The van der Waals surface area contributed by atoms with Crippen molar-refractivity contribution in [2.24, 2.45) is 5.92 Å². The van der Waals surface area contributed by atoms with Crippen LogP contribution in [0.5, 0.6) is 0 Å². The number of ether oxygens (including phenoxy) is 4. The van der Waals surface area contributed by atoms with Gasteiger partial charge in [0.15, 0.2) is 12.2 Å². The Morgan fingerprint density at radius 3 is 0.696 bits per heavy atom. The molecule has 0 aliphatic carbocycles. The third-order valence-corrected chi connectivity index (χ3v) is 21.8. The molecule has 0 bridgehead atoms. The van der Waals surface area contributed by atoms with Crippen molar-refractivity contribution in [2.75, 3.05) is 39.6 Å². The fraction of sp³-hybridized carbons (Fsp3) is 0.952. The number of carbonyl (C=O) groups is 4. The molecule has 0 rings (SSSR count). The average molecular weight is 1490 g/mol. The molecule has 0 aromatic carbocycles. The highest BCUT2D eigenvalue weighted by atomic mass is 31.2. The highest BCUT2D eigenvalue weighted by Gasteiger charge is 2.30. The Balaban J connectivity index is 5.23. The largest absolute Gasteiger partial charge is 0.472 e. The SMILES string of the molecule is CCCCCCCCCCCCCCCCCCCCCC(=O)OC[C@H](COP(=O)(O)OC[C@@H](O)COP(=O)(O)OC[C@@H](COC(=O)CCCCCCCCC(C)CC)OC(=O)CCCCCCCCCCCCCCCC)OC(=O)CCCCCCCCCCCCCCCCCCCCC. The molecule has 3 N–H and O–H groups in total. The summed E-state index contributed by atoms with van der Waals surface area (Å²) in [4.78, 5) is 73.1. The van der Waals surface area contributed by atoms with Crippen LogP contribution >= 0.6 is 15.6 Å². The van der Waals surface area contributed by atoms with Gasteiger partial charge >= 0.3 is 39.5 Å². The van der Waals surface area contributed by atoms with Gasteiger partial charge in [-0.3, -0.25) is 37.3 Å². The summed E-state index contributed by atoms with van der Waals surface area (Å²) in [5, 5.41) is 10.7. The zero-order valence-electron chi connectivity index (χ0n) is 66.8. The van der Waals surface area contributed by atoms with Crippen molar-refractivity contribution in [3.63, 3.8) is 0 Å². The number of phosphoric ester groups is 2. The van der Waals surface area contributed by atoms with Gasteiger partial charge in [-0.15, -0.1) is 0 Å². The summed E-state index contributed by atoms with van der Waals surface area (Å²) in [5.41, 5.74) is 0. The summed E-state index contributed by atoms with van der Waals surface area (Å²) < 4.78 is 68.8. The van der Waals surface area contributed by atoms with Gasteiger partial charge in [-0.05, 0) is 31.6 Å². The van der Waals surface area contributed by atoms with E-state index < -0.39 is 97.5 Å².